The SMILES string of the molecule is COCCS(=O)(=O)CCNC(C)C(C)C. The zero-order chi connectivity index (χ0) is 11.9. The third kappa shape index (κ3) is 7.76. The van der Waals surface area contributed by atoms with Gasteiger partial charge in [-0.1, -0.05) is 13.8 Å². The summed E-state index contributed by atoms with van der Waals surface area (Å²) < 4.78 is 27.6. The zero-order valence-corrected chi connectivity index (χ0v) is 10.9. The Labute approximate surface area is 93.3 Å². The molecule has 0 aliphatic rings. The Balaban J connectivity index is 3.75. The van der Waals surface area contributed by atoms with Crippen molar-refractivity contribution in [3.8, 4) is 0 Å². The van der Waals surface area contributed by atoms with Crippen LogP contribution < -0.4 is 5.32 Å². The summed E-state index contributed by atoms with van der Waals surface area (Å²) in [4.78, 5) is 0. The summed E-state index contributed by atoms with van der Waals surface area (Å²) in [5.41, 5.74) is 0. The molecule has 0 aliphatic heterocycles. The molecule has 92 valence electrons. The lowest BCUT2D eigenvalue weighted by Gasteiger charge is -2.17. The van der Waals surface area contributed by atoms with Crippen molar-refractivity contribution < 1.29 is 13.2 Å². The van der Waals surface area contributed by atoms with Gasteiger partial charge >= 0.3 is 0 Å². The molecular weight excluding hydrogens is 214 g/mol. The fraction of sp³-hybridized carbons (Fsp3) is 1.00. The first-order valence-electron chi connectivity index (χ1n) is 5.32. The predicted octanol–water partition coefficient (Wildman–Crippen LogP) is 0.682. The fourth-order valence-electron chi connectivity index (χ4n) is 0.990. The molecule has 0 aromatic carbocycles. The molecule has 1 unspecified atom stereocenters. The molecule has 1 N–H and O–H groups in total. The number of rotatable bonds is 8. The van der Waals surface area contributed by atoms with Crippen LogP contribution in [0.25, 0.3) is 0 Å². The van der Waals surface area contributed by atoms with Crippen LogP contribution in [-0.2, 0) is 14.6 Å². The van der Waals surface area contributed by atoms with Crippen molar-refractivity contribution in [3.05, 3.63) is 0 Å². The van der Waals surface area contributed by atoms with E-state index in [1.807, 2.05) is 0 Å². The summed E-state index contributed by atoms with van der Waals surface area (Å²) >= 11 is 0. The van der Waals surface area contributed by atoms with Gasteiger partial charge in [0.05, 0.1) is 18.1 Å². The Hall–Kier alpha value is -0.130. The summed E-state index contributed by atoms with van der Waals surface area (Å²) in [7, 11) is -1.44. The van der Waals surface area contributed by atoms with E-state index in [1.54, 1.807) is 0 Å². The molecule has 0 spiro atoms. The molecule has 1 atom stereocenters. The van der Waals surface area contributed by atoms with Crippen molar-refractivity contribution in [2.75, 3.05) is 31.8 Å². The van der Waals surface area contributed by atoms with E-state index >= 15 is 0 Å². The van der Waals surface area contributed by atoms with Crippen molar-refractivity contribution in [3.63, 3.8) is 0 Å². The maximum Gasteiger partial charge on any atom is 0.153 e. The average molecular weight is 237 g/mol. The minimum absolute atomic E-state index is 0.112. The second kappa shape index (κ2) is 7.19. The normalized spacial score (nSPS) is 14.5. The predicted molar refractivity (Wildman–Crippen MR) is 62.8 cm³/mol. The van der Waals surface area contributed by atoms with Crippen molar-refractivity contribution in [1.82, 2.24) is 5.32 Å². The van der Waals surface area contributed by atoms with Crippen LogP contribution in [0.2, 0.25) is 0 Å². The minimum atomic E-state index is -2.95. The maximum atomic E-state index is 11.4. The van der Waals surface area contributed by atoms with Gasteiger partial charge in [-0.2, -0.15) is 0 Å². The average Bonchev–Trinajstić information content (AvgIpc) is 2.14. The van der Waals surface area contributed by atoms with Gasteiger partial charge < -0.3 is 10.1 Å². The van der Waals surface area contributed by atoms with Crippen molar-refractivity contribution in [2.45, 2.75) is 26.8 Å². The Morgan fingerprint density at radius 2 is 1.80 bits per heavy atom. The molecule has 0 aromatic rings. The molecule has 4 nitrogen and oxygen atoms in total. The lowest BCUT2D eigenvalue weighted by molar-refractivity contribution is 0.217. The van der Waals surface area contributed by atoms with Crippen LogP contribution >= 0.6 is 0 Å². The largest absolute Gasteiger partial charge is 0.384 e. The van der Waals surface area contributed by atoms with Crippen LogP contribution in [0.1, 0.15) is 20.8 Å². The van der Waals surface area contributed by atoms with Crippen LogP contribution in [0, 0.1) is 5.92 Å². The highest BCUT2D eigenvalue weighted by molar-refractivity contribution is 7.91. The van der Waals surface area contributed by atoms with Gasteiger partial charge in [-0.3, -0.25) is 0 Å². The van der Waals surface area contributed by atoms with E-state index in [1.165, 1.54) is 7.11 Å². The first-order valence-corrected chi connectivity index (χ1v) is 7.14. The summed E-state index contributed by atoms with van der Waals surface area (Å²) in [6.45, 7) is 7.08. The topological polar surface area (TPSA) is 55.4 Å². The van der Waals surface area contributed by atoms with E-state index in [0.717, 1.165) is 0 Å². The number of methoxy groups -OCH3 is 1. The molecule has 0 aromatic heterocycles. The van der Waals surface area contributed by atoms with Gasteiger partial charge in [-0.05, 0) is 12.8 Å². The number of ether oxygens (including phenoxy) is 1. The van der Waals surface area contributed by atoms with E-state index in [4.69, 9.17) is 4.74 Å². The molecule has 0 radical (unpaired) electrons. The highest BCUT2D eigenvalue weighted by Gasteiger charge is 2.11. The van der Waals surface area contributed by atoms with Crippen molar-refractivity contribution >= 4 is 9.84 Å². The van der Waals surface area contributed by atoms with Gasteiger partial charge in [0, 0.05) is 19.7 Å². The summed E-state index contributed by atoms with van der Waals surface area (Å²) in [5.74, 6) is 0.820. The van der Waals surface area contributed by atoms with E-state index in [-0.39, 0.29) is 18.1 Å². The van der Waals surface area contributed by atoms with E-state index in [2.05, 4.69) is 26.1 Å². The third-order valence-electron chi connectivity index (χ3n) is 2.48. The van der Waals surface area contributed by atoms with Crippen molar-refractivity contribution in [1.29, 1.82) is 0 Å². The molecule has 0 fully saturated rings. The van der Waals surface area contributed by atoms with E-state index in [0.29, 0.717) is 18.5 Å². The summed E-state index contributed by atoms with van der Waals surface area (Å²) in [6.07, 6.45) is 0. The zero-order valence-electron chi connectivity index (χ0n) is 10.1. The molecule has 5 heteroatoms. The van der Waals surface area contributed by atoms with Crippen LogP contribution in [0.3, 0.4) is 0 Å². The van der Waals surface area contributed by atoms with E-state index < -0.39 is 9.84 Å². The summed E-state index contributed by atoms with van der Waals surface area (Å²) in [5, 5.41) is 3.19. The molecule has 15 heavy (non-hydrogen) atoms. The monoisotopic (exact) mass is 237 g/mol. The highest BCUT2D eigenvalue weighted by Crippen LogP contribution is 1.99. The van der Waals surface area contributed by atoms with Crippen LogP contribution in [0.5, 0.6) is 0 Å². The number of hydrogen-bond donors (Lipinski definition) is 1. The lowest BCUT2D eigenvalue weighted by Crippen LogP contribution is -2.35. The quantitative estimate of drug-likeness (QED) is 0.674. The number of sulfone groups is 1. The molecule has 0 amide bonds. The van der Waals surface area contributed by atoms with Gasteiger partial charge in [-0.25, -0.2) is 8.42 Å². The lowest BCUT2D eigenvalue weighted by atomic mass is 10.1. The number of hydrogen-bond acceptors (Lipinski definition) is 4. The second-order valence-corrected chi connectivity index (χ2v) is 6.44. The minimum Gasteiger partial charge on any atom is -0.384 e. The molecular formula is C10H23NO3S. The van der Waals surface area contributed by atoms with Gasteiger partial charge in [0.2, 0.25) is 0 Å². The Morgan fingerprint density at radius 3 is 2.27 bits per heavy atom. The number of nitrogens with one attached hydrogen (secondary N) is 1. The van der Waals surface area contributed by atoms with E-state index in [9.17, 15) is 8.42 Å². The molecule has 0 heterocycles. The third-order valence-corrected chi connectivity index (χ3v) is 4.09. The molecule has 0 saturated heterocycles. The second-order valence-electron chi connectivity index (χ2n) is 4.13. The molecule has 0 bridgehead atoms. The summed E-state index contributed by atoms with van der Waals surface area (Å²) in [6, 6.07) is 0.350. The highest BCUT2D eigenvalue weighted by atomic mass is 32.2. The van der Waals surface area contributed by atoms with Crippen LogP contribution in [0.15, 0.2) is 0 Å². The van der Waals surface area contributed by atoms with Crippen LogP contribution in [0.4, 0.5) is 0 Å². The van der Waals surface area contributed by atoms with Gasteiger partial charge in [0.25, 0.3) is 0 Å². The Bertz CT molecular complexity index is 249. The Morgan fingerprint density at radius 1 is 1.20 bits per heavy atom. The maximum absolute atomic E-state index is 11.4. The standard InChI is InChI=1S/C10H23NO3S/c1-9(2)10(3)11-5-7-15(12,13)8-6-14-4/h9-11H,5-8H2,1-4H3. The fourth-order valence-corrected chi connectivity index (χ4v) is 2.04. The van der Waals surface area contributed by atoms with Crippen molar-refractivity contribution in [2.24, 2.45) is 5.92 Å². The van der Waals surface area contributed by atoms with Crippen LogP contribution in [-0.4, -0.2) is 46.2 Å². The Kier molecular flexibility index (Phi) is 7.13. The smallest absolute Gasteiger partial charge is 0.153 e. The molecule has 0 aliphatic carbocycles. The van der Waals surface area contributed by atoms with Gasteiger partial charge in [0.1, 0.15) is 0 Å². The molecule has 0 rings (SSSR count). The molecule has 0 saturated carbocycles. The first kappa shape index (κ1) is 14.9. The first-order chi connectivity index (χ1) is 6.89. The van der Waals surface area contributed by atoms with Gasteiger partial charge in [-0.15, -0.1) is 0 Å². The van der Waals surface area contributed by atoms with Gasteiger partial charge in [0.15, 0.2) is 9.84 Å².